The molecule has 0 saturated carbocycles. The Hall–Kier alpha value is -1.71. The largest absolute Gasteiger partial charge is 0.858 e. The van der Waals surface area contributed by atoms with E-state index in [4.69, 9.17) is 9.47 Å². The van der Waals surface area contributed by atoms with Crippen LogP contribution < -0.4 is 14.6 Å². The first-order chi connectivity index (χ1) is 7.58. The lowest BCUT2D eigenvalue weighted by Gasteiger charge is -2.15. The lowest BCUT2D eigenvalue weighted by atomic mass is 10.2. The Bertz CT molecular complexity index is 386. The van der Waals surface area contributed by atoms with Crippen LogP contribution in [0.25, 0.3) is 0 Å². The normalized spacial score (nSPS) is 11.7. The summed E-state index contributed by atoms with van der Waals surface area (Å²) in [4.78, 5) is 3.94. The standard InChI is InChI=1S/C12H17NO3/c1-8(2)13-12(14)9-5-6-10(15-3)11(7-9)16-4/h5-8H,1-4H3,(H,13,14)/p-1. The second-order valence-electron chi connectivity index (χ2n) is 3.60. The molecule has 0 aliphatic carbocycles. The molecule has 0 bridgehead atoms. The topological polar surface area (TPSA) is 53.9 Å². The van der Waals surface area contributed by atoms with E-state index in [2.05, 4.69) is 4.99 Å². The molecule has 1 aromatic rings. The quantitative estimate of drug-likeness (QED) is 0.568. The fourth-order valence-corrected chi connectivity index (χ4v) is 1.28. The first kappa shape index (κ1) is 12.4. The first-order valence-electron chi connectivity index (χ1n) is 5.05. The second-order valence-corrected chi connectivity index (χ2v) is 3.60. The monoisotopic (exact) mass is 222 g/mol. The Morgan fingerprint density at radius 1 is 1.19 bits per heavy atom. The van der Waals surface area contributed by atoms with Gasteiger partial charge in [0, 0.05) is 6.04 Å². The molecule has 0 aromatic heterocycles. The summed E-state index contributed by atoms with van der Waals surface area (Å²) in [6.07, 6.45) is 0. The fraction of sp³-hybridized carbons (Fsp3) is 0.417. The third-order valence-electron chi connectivity index (χ3n) is 2.01. The molecule has 0 N–H and O–H groups in total. The van der Waals surface area contributed by atoms with Gasteiger partial charge in [-0.2, -0.15) is 0 Å². The molecule has 1 aromatic carbocycles. The van der Waals surface area contributed by atoms with Crippen molar-refractivity contribution in [2.75, 3.05) is 14.2 Å². The Kier molecular flexibility index (Phi) is 4.17. The summed E-state index contributed by atoms with van der Waals surface area (Å²) < 4.78 is 10.2. The zero-order chi connectivity index (χ0) is 12.1. The van der Waals surface area contributed by atoms with Gasteiger partial charge in [-0.05, 0) is 37.4 Å². The number of rotatable bonds is 4. The number of methoxy groups -OCH3 is 2. The van der Waals surface area contributed by atoms with Crippen LogP contribution in [0.4, 0.5) is 0 Å². The molecular weight excluding hydrogens is 206 g/mol. The molecule has 0 atom stereocenters. The van der Waals surface area contributed by atoms with E-state index in [0.717, 1.165) is 0 Å². The lowest BCUT2D eigenvalue weighted by Crippen LogP contribution is -2.20. The summed E-state index contributed by atoms with van der Waals surface area (Å²) in [5.74, 6) is 0.895. The van der Waals surface area contributed by atoms with E-state index in [9.17, 15) is 5.11 Å². The maximum absolute atomic E-state index is 11.7. The molecule has 0 radical (unpaired) electrons. The maximum atomic E-state index is 11.7. The molecule has 0 heterocycles. The van der Waals surface area contributed by atoms with Crippen molar-refractivity contribution in [3.63, 3.8) is 0 Å². The van der Waals surface area contributed by atoms with Crippen LogP contribution in [0.3, 0.4) is 0 Å². The summed E-state index contributed by atoms with van der Waals surface area (Å²) in [6.45, 7) is 3.72. The summed E-state index contributed by atoms with van der Waals surface area (Å²) in [6, 6.07) is 4.99. The Morgan fingerprint density at radius 2 is 1.81 bits per heavy atom. The van der Waals surface area contributed by atoms with Crippen LogP contribution >= 0.6 is 0 Å². The van der Waals surface area contributed by atoms with Gasteiger partial charge < -0.3 is 14.6 Å². The highest BCUT2D eigenvalue weighted by atomic mass is 16.5. The van der Waals surface area contributed by atoms with Crippen molar-refractivity contribution in [3.8, 4) is 11.5 Å². The predicted molar refractivity (Wildman–Crippen MR) is 61.2 cm³/mol. The molecule has 0 aliphatic rings. The van der Waals surface area contributed by atoms with Gasteiger partial charge in [-0.3, -0.25) is 4.99 Å². The number of hydrogen-bond acceptors (Lipinski definition) is 4. The Labute approximate surface area is 95.5 Å². The maximum Gasteiger partial charge on any atom is 0.161 e. The third kappa shape index (κ3) is 2.89. The Morgan fingerprint density at radius 3 is 2.31 bits per heavy atom. The Balaban J connectivity index is 3.08. The van der Waals surface area contributed by atoms with Gasteiger partial charge in [0.25, 0.3) is 0 Å². The predicted octanol–water partition coefficient (Wildman–Crippen LogP) is 1.22. The van der Waals surface area contributed by atoms with Gasteiger partial charge in [0.2, 0.25) is 0 Å². The van der Waals surface area contributed by atoms with E-state index in [1.807, 2.05) is 13.8 Å². The molecule has 0 saturated heterocycles. The van der Waals surface area contributed by atoms with Crippen molar-refractivity contribution in [3.05, 3.63) is 23.8 Å². The molecule has 0 fully saturated rings. The summed E-state index contributed by atoms with van der Waals surface area (Å²) in [5.41, 5.74) is 0.506. The van der Waals surface area contributed by atoms with E-state index in [1.165, 1.54) is 7.11 Å². The van der Waals surface area contributed by atoms with Gasteiger partial charge in [-0.25, -0.2) is 0 Å². The molecule has 0 amide bonds. The number of ether oxygens (including phenoxy) is 2. The first-order valence-corrected chi connectivity index (χ1v) is 5.05. The van der Waals surface area contributed by atoms with Gasteiger partial charge in [0.1, 0.15) is 0 Å². The van der Waals surface area contributed by atoms with Crippen LogP contribution in [0.2, 0.25) is 0 Å². The number of hydrogen-bond donors (Lipinski definition) is 0. The van der Waals surface area contributed by atoms with Crippen molar-refractivity contribution >= 4 is 5.90 Å². The van der Waals surface area contributed by atoms with Crippen LogP contribution in [0.1, 0.15) is 19.4 Å². The summed E-state index contributed by atoms with van der Waals surface area (Å²) in [5, 5.41) is 11.7. The van der Waals surface area contributed by atoms with E-state index < -0.39 is 0 Å². The minimum atomic E-state index is -0.240. The van der Waals surface area contributed by atoms with Gasteiger partial charge in [0.15, 0.2) is 11.5 Å². The number of benzene rings is 1. The van der Waals surface area contributed by atoms with Gasteiger partial charge >= 0.3 is 0 Å². The van der Waals surface area contributed by atoms with Crippen molar-refractivity contribution < 1.29 is 14.6 Å². The van der Waals surface area contributed by atoms with E-state index in [0.29, 0.717) is 17.1 Å². The average molecular weight is 222 g/mol. The molecule has 16 heavy (non-hydrogen) atoms. The molecule has 4 nitrogen and oxygen atoms in total. The van der Waals surface area contributed by atoms with Crippen LogP contribution in [0.5, 0.6) is 11.5 Å². The van der Waals surface area contributed by atoms with Gasteiger partial charge in [0.05, 0.1) is 14.2 Å². The molecule has 1 rings (SSSR count). The second kappa shape index (κ2) is 5.39. The molecule has 0 spiro atoms. The number of nitrogens with zero attached hydrogens (tertiary/aromatic N) is 1. The minimum Gasteiger partial charge on any atom is -0.858 e. The summed E-state index contributed by atoms with van der Waals surface area (Å²) >= 11 is 0. The molecular formula is C12H16NO3-. The van der Waals surface area contributed by atoms with Crippen LogP contribution in [0, 0.1) is 0 Å². The van der Waals surface area contributed by atoms with Crippen molar-refractivity contribution in [1.29, 1.82) is 0 Å². The van der Waals surface area contributed by atoms with Crippen molar-refractivity contribution in [2.45, 2.75) is 19.9 Å². The molecule has 0 aliphatic heterocycles. The highest BCUT2D eigenvalue weighted by molar-refractivity contribution is 5.91. The van der Waals surface area contributed by atoms with Crippen molar-refractivity contribution in [1.82, 2.24) is 0 Å². The SMILES string of the molecule is COc1ccc(C([O-])=NC(C)C)cc1OC. The molecule has 0 unspecified atom stereocenters. The fourth-order valence-electron chi connectivity index (χ4n) is 1.28. The lowest BCUT2D eigenvalue weighted by molar-refractivity contribution is -0.213. The zero-order valence-corrected chi connectivity index (χ0v) is 9.98. The smallest absolute Gasteiger partial charge is 0.161 e. The van der Waals surface area contributed by atoms with Crippen LogP contribution in [0.15, 0.2) is 23.2 Å². The van der Waals surface area contributed by atoms with Crippen LogP contribution in [-0.2, 0) is 0 Å². The zero-order valence-electron chi connectivity index (χ0n) is 9.98. The molecule has 88 valence electrons. The molecule has 4 heteroatoms. The van der Waals surface area contributed by atoms with E-state index >= 15 is 0 Å². The van der Waals surface area contributed by atoms with E-state index in [-0.39, 0.29) is 11.9 Å². The van der Waals surface area contributed by atoms with Gasteiger partial charge in [-0.1, -0.05) is 6.07 Å². The highest BCUT2D eigenvalue weighted by Crippen LogP contribution is 2.27. The van der Waals surface area contributed by atoms with Crippen molar-refractivity contribution in [2.24, 2.45) is 4.99 Å². The minimum absolute atomic E-state index is 0.0133. The van der Waals surface area contributed by atoms with E-state index in [1.54, 1.807) is 25.3 Å². The summed E-state index contributed by atoms with van der Waals surface area (Å²) in [7, 11) is 3.09. The van der Waals surface area contributed by atoms with Gasteiger partial charge in [-0.15, -0.1) is 0 Å². The average Bonchev–Trinajstić information content (AvgIpc) is 2.27. The van der Waals surface area contributed by atoms with Crippen LogP contribution in [-0.4, -0.2) is 26.2 Å². The highest BCUT2D eigenvalue weighted by Gasteiger charge is 2.04. The number of aliphatic imine (C=N–C) groups is 1. The third-order valence-corrected chi connectivity index (χ3v) is 2.01.